The number of halogens is 2. The van der Waals surface area contributed by atoms with E-state index in [2.05, 4.69) is 5.32 Å². The molecule has 0 aliphatic carbocycles. The lowest BCUT2D eigenvalue weighted by Gasteiger charge is -2.10. The third kappa shape index (κ3) is 4.83. The quantitative estimate of drug-likeness (QED) is 0.365. The molecule has 3 N–H and O–H groups in total. The highest BCUT2D eigenvalue weighted by Crippen LogP contribution is 2.27. The van der Waals surface area contributed by atoms with E-state index in [1.807, 2.05) is 0 Å². The van der Waals surface area contributed by atoms with Gasteiger partial charge in [-0.1, -0.05) is 18.2 Å². The average Bonchev–Trinajstić information content (AvgIpc) is 2.68. The van der Waals surface area contributed by atoms with Gasteiger partial charge in [-0.2, -0.15) is 0 Å². The van der Waals surface area contributed by atoms with E-state index in [4.69, 9.17) is 10.5 Å². The number of nitrogens with one attached hydrogen (secondary N) is 1. The van der Waals surface area contributed by atoms with Crippen molar-refractivity contribution < 1.29 is 23.2 Å². The van der Waals surface area contributed by atoms with Crippen LogP contribution in [0.15, 0.2) is 60.7 Å². The summed E-state index contributed by atoms with van der Waals surface area (Å²) in [4.78, 5) is 22.5. The minimum Gasteiger partial charge on any atom is -0.489 e. The fourth-order valence-corrected chi connectivity index (χ4v) is 2.60. The molecular weight excluding hydrogens is 384 g/mol. The van der Waals surface area contributed by atoms with Crippen LogP contribution in [0, 0.1) is 21.7 Å². The molecule has 0 unspecified atom stereocenters. The van der Waals surface area contributed by atoms with Gasteiger partial charge in [-0.05, 0) is 35.9 Å². The van der Waals surface area contributed by atoms with Crippen molar-refractivity contribution in [1.29, 1.82) is 0 Å². The van der Waals surface area contributed by atoms with Gasteiger partial charge in [-0.3, -0.25) is 14.9 Å². The van der Waals surface area contributed by atoms with Crippen LogP contribution in [0.1, 0.15) is 15.9 Å². The Morgan fingerprint density at radius 2 is 1.83 bits per heavy atom. The number of amides is 1. The second kappa shape index (κ2) is 8.34. The van der Waals surface area contributed by atoms with Gasteiger partial charge in [0.1, 0.15) is 29.7 Å². The van der Waals surface area contributed by atoms with Crippen LogP contribution in [0.25, 0.3) is 0 Å². The number of benzene rings is 3. The van der Waals surface area contributed by atoms with Crippen molar-refractivity contribution in [3.63, 3.8) is 0 Å². The van der Waals surface area contributed by atoms with Crippen LogP contribution in [0.3, 0.4) is 0 Å². The molecule has 0 radical (unpaired) electrons. The first-order valence-electron chi connectivity index (χ1n) is 8.35. The first-order chi connectivity index (χ1) is 13.8. The summed E-state index contributed by atoms with van der Waals surface area (Å²) >= 11 is 0. The maximum atomic E-state index is 13.6. The van der Waals surface area contributed by atoms with Crippen molar-refractivity contribution in [1.82, 2.24) is 0 Å². The van der Waals surface area contributed by atoms with Crippen molar-refractivity contribution in [3.8, 4) is 5.75 Å². The van der Waals surface area contributed by atoms with Crippen LogP contribution >= 0.6 is 0 Å². The molecule has 0 aliphatic heterocycles. The molecule has 0 aromatic heterocycles. The summed E-state index contributed by atoms with van der Waals surface area (Å²) in [5, 5.41) is 13.5. The standard InChI is InChI=1S/C20H15F2N3O4/c21-13-4-2-6-16(8-13)29-11-12-3-1-5-15(7-12)24-20(26)17-9-14(22)10-18(19(17)23)25(27)28/h1-10H,11,23H2,(H,24,26). The number of hydrogen-bond acceptors (Lipinski definition) is 5. The fraction of sp³-hybridized carbons (Fsp3) is 0.0500. The number of carbonyl (C=O) groups is 1. The molecule has 0 saturated heterocycles. The van der Waals surface area contributed by atoms with Gasteiger partial charge in [0.25, 0.3) is 11.6 Å². The zero-order chi connectivity index (χ0) is 21.0. The highest BCUT2D eigenvalue weighted by atomic mass is 19.1. The lowest BCUT2D eigenvalue weighted by molar-refractivity contribution is -0.384. The summed E-state index contributed by atoms with van der Waals surface area (Å²) in [6, 6.07) is 13.7. The number of carbonyl (C=O) groups excluding carboxylic acids is 1. The molecule has 0 bridgehead atoms. The van der Waals surface area contributed by atoms with Gasteiger partial charge in [0.2, 0.25) is 0 Å². The van der Waals surface area contributed by atoms with Crippen LogP contribution in [0.4, 0.5) is 25.8 Å². The summed E-state index contributed by atoms with van der Waals surface area (Å²) in [5.74, 6) is -1.83. The molecule has 148 valence electrons. The van der Waals surface area contributed by atoms with Gasteiger partial charge in [0, 0.05) is 11.8 Å². The van der Waals surface area contributed by atoms with Crippen LogP contribution in [-0.2, 0) is 6.61 Å². The molecule has 29 heavy (non-hydrogen) atoms. The summed E-state index contributed by atoms with van der Waals surface area (Å²) in [6.07, 6.45) is 0. The van der Waals surface area contributed by atoms with Crippen LogP contribution in [0.2, 0.25) is 0 Å². The molecule has 3 rings (SSSR count). The van der Waals surface area contributed by atoms with Crippen molar-refractivity contribution in [3.05, 3.63) is 93.5 Å². The topological polar surface area (TPSA) is 107 Å². The SMILES string of the molecule is Nc1c(C(=O)Nc2cccc(COc3cccc(F)c3)c2)cc(F)cc1[N+](=O)[O-]. The van der Waals surface area contributed by atoms with E-state index in [-0.39, 0.29) is 12.2 Å². The minimum absolute atomic E-state index is 0.112. The monoisotopic (exact) mass is 399 g/mol. The normalized spacial score (nSPS) is 10.4. The Labute approximate surface area is 163 Å². The zero-order valence-corrected chi connectivity index (χ0v) is 14.9. The van der Waals surface area contributed by atoms with E-state index < -0.39 is 33.8 Å². The molecule has 0 atom stereocenters. The molecule has 0 fully saturated rings. The second-order valence-corrected chi connectivity index (χ2v) is 6.04. The molecule has 0 aliphatic rings. The molecule has 0 spiro atoms. The van der Waals surface area contributed by atoms with Crippen molar-refractivity contribution >= 4 is 23.0 Å². The van der Waals surface area contributed by atoms with Gasteiger partial charge in [-0.25, -0.2) is 8.78 Å². The second-order valence-electron chi connectivity index (χ2n) is 6.04. The first-order valence-corrected chi connectivity index (χ1v) is 8.35. The number of rotatable bonds is 6. The molecule has 3 aromatic carbocycles. The number of anilines is 2. The number of nitrogens with zero attached hydrogens (tertiary/aromatic N) is 1. The molecule has 0 saturated carbocycles. The Morgan fingerprint density at radius 1 is 1.07 bits per heavy atom. The Balaban J connectivity index is 1.75. The van der Waals surface area contributed by atoms with E-state index in [0.29, 0.717) is 23.1 Å². The van der Waals surface area contributed by atoms with E-state index in [1.165, 1.54) is 18.2 Å². The van der Waals surface area contributed by atoms with Gasteiger partial charge in [-0.15, -0.1) is 0 Å². The minimum atomic E-state index is -0.951. The Bertz CT molecular complexity index is 1090. The summed E-state index contributed by atoms with van der Waals surface area (Å²) in [7, 11) is 0. The number of nitro benzene ring substituents is 1. The molecule has 1 amide bonds. The zero-order valence-electron chi connectivity index (χ0n) is 14.9. The predicted octanol–water partition coefficient (Wildman–Crippen LogP) is 4.29. The van der Waals surface area contributed by atoms with Crippen LogP contribution in [-0.4, -0.2) is 10.8 Å². The molecule has 0 heterocycles. The molecular formula is C20H15F2N3O4. The number of ether oxygens (including phenoxy) is 1. The van der Waals surface area contributed by atoms with Crippen molar-refractivity contribution in [2.45, 2.75) is 6.61 Å². The van der Waals surface area contributed by atoms with Gasteiger partial charge >= 0.3 is 0 Å². The Morgan fingerprint density at radius 3 is 2.55 bits per heavy atom. The van der Waals surface area contributed by atoms with E-state index in [1.54, 1.807) is 30.3 Å². The highest BCUT2D eigenvalue weighted by Gasteiger charge is 2.21. The van der Waals surface area contributed by atoms with Crippen LogP contribution < -0.4 is 15.8 Å². The lowest BCUT2D eigenvalue weighted by Crippen LogP contribution is -2.15. The van der Waals surface area contributed by atoms with E-state index in [9.17, 15) is 23.7 Å². The number of nitrogens with two attached hydrogens (primary N) is 1. The lowest BCUT2D eigenvalue weighted by atomic mass is 10.1. The van der Waals surface area contributed by atoms with E-state index in [0.717, 1.165) is 6.07 Å². The van der Waals surface area contributed by atoms with Gasteiger partial charge in [0.05, 0.1) is 16.6 Å². The smallest absolute Gasteiger partial charge is 0.295 e. The van der Waals surface area contributed by atoms with Crippen molar-refractivity contribution in [2.24, 2.45) is 0 Å². The van der Waals surface area contributed by atoms with Gasteiger partial charge in [0.15, 0.2) is 0 Å². The van der Waals surface area contributed by atoms with E-state index >= 15 is 0 Å². The maximum Gasteiger partial charge on any atom is 0.295 e. The fourth-order valence-electron chi connectivity index (χ4n) is 2.60. The van der Waals surface area contributed by atoms with Crippen molar-refractivity contribution in [2.75, 3.05) is 11.1 Å². The predicted molar refractivity (Wildman–Crippen MR) is 103 cm³/mol. The number of hydrogen-bond donors (Lipinski definition) is 2. The maximum absolute atomic E-state index is 13.6. The van der Waals surface area contributed by atoms with Gasteiger partial charge < -0.3 is 15.8 Å². The highest BCUT2D eigenvalue weighted by molar-refractivity contribution is 6.08. The Hall–Kier alpha value is -4.01. The number of nitrogen functional groups attached to an aromatic ring is 1. The summed E-state index contributed by atoms with van der Waals surface area (Å²) in [6.45, 7) is 0.112. The third-order valence-electron chi connectivity index (χ3n) is 3.95. The van der Waals surface area contributed by atoms with Crippen LogP contribution in [0.5, 0.6) is 5.75 Å². The Kier molecular flexibility index (Phi) is 5.68. The first kappa shape index (κ1) is 19.7. The molecule has 7 nitrogen and oxygen atoms in total. The average molecular weight is 399 g/mol. The summed E-state index contributed by atoms with van der Waals surface area (Å²) < 4.78 is 32.3. The number of nitro groups is 1. The summed E-state index contributed by atoms with van der Waals surface area (Å²) in [5.41, 5.74) is 5.19. The molecule has 3 aromatic rings. The molecule has 9 heteroatoms. The third-order valence-corrected chi connectivity index (χ3v) is 3.95. The largest absolute Gasteiger partial charge is 0.489 e.